The summed E-state index contributed by atoms with van der Waals surface area (Å²) in [6, 6.07) is 4.24. The van der Waals surface area contributed by atoms with Gasteiger partial charge in [0.1, 0.15) is 5.03 Å². The summed E-state index contributed by atoms with van der Waals surface area (Å²) in [5.74, 6) is 0. The van der Waals surface area contributed by atoms with Gasteiger partial charge in [0.15, 0.2) is 0 Å². The Morgan fingerprint density at radius 3 is 3.00 bits per heavy atom. The molecule has 18 heavy (non-hydrogen) atoms. The Morgan fingerprint density at radius 2 is 2.33 bits per heavy atom. The highest BCUT2D eigenvalue weighted by Crippen LogP contribution is 2.34. The summed E-state index contributed by atoms with van der Waals surface area (Å²) in [5, 5.41) is 11.4. The number of hydrogen-bond acceptors (Lipinski definition) is 4. The second-order valence-corrected chi connectivity index (χ2v) is 6.44. The van der Waals surface area contributed by atoms with Crippen molar-refractivity contribution in [2.45, 2.75) is 36.0 Å². The molecule has 0 atom stereocenters. The molecule has 98 valence electrons. The normalized spacial score (nSPS) is 11.1. The third kappa shape index (κ3) is 3.16. The predicted molar refractivity (Wildman–Crippen MR) is 78.4 cm³/mol. The first-order chi connectivity index (χ1) is 8.72. The molecule has 0 aliphatic rings. The molecule has 0 fully saturated rings. The quantitative estimate of drug-likeness (QED) is 0.823. The van der Waals surface area contributed by atoms with Crippen molar-refractivity contribution in [2.24, 2.45) is 7.05 Å². The Labute approximate surface area is 117 Å². The van der Waals surface area contributed by atoms with Crippen LogP contribution in [0.2, 0.25) is 0 Å². The zero-order valence-corrected chi connectivity index (χ0v) is 12.7. The smallest absolute Gasteiger partial charge is 0.104 e. The maximum atomic E-state index is 4.53. The molecule has 3 nitrogen and oxygen atoms in total. The van der Waals surface area contributed by atoms with Gasteiger partial charge in [-0.3, -0.25) is 4.68 Å². The lowest BCUT2D eigenvalue weighted by Gasteiger charge is -2.06. The third-order valence-corrected chi connectivity index (χ3v) is 4.95. The van der Waals surface area contributed by atoms with Gasteiger partial charge in [-0.1, -0.05) is 24.8 Å². The van der Waals surface area contributed by atoms with Crippen molar-refractivity contribution in [2.75, 3.05) is 6.54 Å². The summed E-state index contributed by atoms with van der Waals surface area (Å²) >= 11 is 3.58. The molecule has 0 unspecified atom stereocenters. The molecular formula is C13H19N3S2. The van der Waals surface area contributed by atoms with Crippen LogP contribution in [0.15, 0.2) is 26.7 Å². The first-order valence-corrected chi connectivity index (χ1v) is 7.86. The Morgan fingerprint density at radius 1 is 1.50 bits per heavy atom. The Hall–Kier alpha value is -0.780. The highest BCUT2D eigenvalue weighted by atomic mass is 32.2. The van der Waals surface area contributed by atoms with Crippen LogP contribution in [0, 0.1) is 6.92 Å². The molecule has 0 saturated heterocycles. The average molecular weight is 281 g/mol. The van der Waals surface area contributed by atoms with E-state index in [1.807, 2.05) is 11.7 Å². The van der Waals surface area contributed by atoms with Crippen LogP contribution in [0.1, 0.15) is 24.6 Å². The minimum atomic E-state index is 0.904. The van der Waals surface area contributed by atoms with Gasteiger partial charge in [0.05, 0.1) is 9.90 Å². The van der Waals surface area contributed by atoms with E-state index >= 15 is 0 Å². The van der Waals surface area contributed by atoms with Crippen molar-refractivity contribution in [1.29, 1.82) is 0 Å². The fourth-order valence-corrected chi connectivity index (χ4v) is 3.72. The summed E-state index contributed by atoms with van der Waals surface area (Å²) in [6.45, 7) is 6.23. The van der Waals surface area contributed by atoms with Crippen LogP contribution in [0.3, 0.4) is 0 Å². The molecule has 2 aromatic rings. The molecule has 0 amide bonds. The molecule has 0 aliphatic heterocycles. The fourth-order valence-electron chi connectivity index (χ4n) is 1.82. The van der Waals surface area contributed by atoms with E-state index in [0.29, 0.717) is 0 Å². The van der Waals surface area contributed by atoms with Crippen LogP contribution in [-0.2, 0) is 13.6 Å². The number of aryl methyl sites for hydroxylation is 2. The predicted octanol–water partition coefficient (Wildman–Crippen LogP) is 3.44. The molecule has 5 heteroatoms. The SMILES string of the molecule is CCCNCc1c(C)nn(C)c1Sc1cccs1. The number of thiophene rings is 1. The Bertz CT molecular complexity index is 489. The van der Waals surface area contributed by atoms with Gasteiger partial charge in [0.25, 0.3) is 0 Å². The maximum absolute atomic E-state index is 4.53. The number of rotatable bonds is 6. The lowest BCUT2D eigenvalue weighted by atomic mass is 10.2. The molecule has 2 aromatic heterocycles. The summed E-state index contributed by atoms with van der Waals surface area (Å²) < 4.78 is 3.30. The van der Waals surface area contributed by atoms with E-state index in [0.717, 1.165) is 25.2 Å². The van der Waals surface area contributed by atoms with Gasteiger partial charge in [-0.05, 0) is 31.3 Å². The molecule has 2 rings (SSSR count). The van der Waals surface area contributed by atoms with E-state index < -0.39 is 0 Å². The lowest BCUT2D eigenvalue weighted by molar-refractivity contribution is 0.653. The number of hydrogen-bond donors (Lipinski definition) is 1. The molecule has 0 radical (unpaired) electrons. The van der Waals surface area contributed by atoms with Crippen LogP contribution in [0.5, 0.6) is 0 Å². The minimum absolute atomic E-state index is 0.904. The summed E-state index contributed by atoms with van der Waals surface area (Å²) in [6.07, 6.45) is 1.16. The molecule has 0 aromatic carbocycles. The van der Waals surface area contributed by atoms with Crippen molar-refractivity contribution in [1.82, 2.24) is 15.1 Å². The Balaban J connectivity index is 2.17. The second-order valence-electron chi connectivity index (χ2n) is 4.20. The summed E-state index contributed by atoms with van der Waals surface area (Å²) in [7, 11) is 2.02. The van der Waals surface area contributed by atoms with E-state index in [-0.39, 0.29) is 0 Å². The molecule has 2 heterocycles. The van der Waals surface area contributed by atoms with E-state index in [9.17, 15) is 0 Å². The van der Waals surface area contributed by atoms with Crippen LogP contribution < -0.4 is 5.32 Å². The first kappa shape index (κ1) is 13.6. The van der Waals surface area contributed by atoms with Gasteiger partial charge < -0.3 is 5.32 Å². The van der Waals surface area contributed by atoms with Crippen molar-refractivity contribution in [3.05, 3.63) is 28.8 Å². The minimum Gasteiger partial charge on any atom is -0.313 e. The molecule has 0 aliphatic carbocycles. The average Bonchev–Trinajstić information content (AvgIpc) is 2.92. The number of nitrogens with zero attached hydrogens (tertiary/aromatic N) is 2. The third-order valence-electron chi connectivity index (χ3n) is 2.71. The zero-order valence-electron chi connectivity index (χ0n) is 11.1. The number of nitrogens with one attached hydrogen (secondary N) is 1. The fraction of sp³-hybridized carbons (Fsp3) is 0.462. The molecule has 1 N–H and O–H groups in total. The van der Waals surface area contributed by atoms with E-state index in [2.05, 4.69) is 41.8 Å². The molecule has 0 bridgehead atoms. The highest BCUT2D eigenvalue weighted by Gasteiger charge is 2.14. The first-order valence-electron chi connectivity index (χ1n) is 6.17. The monoisotopic (exact) mass is 281 g/mol. The zero-order chi connectivity index (χ0) is 13.0. The van der Waals surface area contributed by atoms with Gasteiger partial charge in [-0.25, -0.2) is 0 Å². The van der Waals surface area contributed by atoms with Crippen LogP contribution in [-0.4, -0.2) is 16.3 Å². The lowest BCUT2D eigenvalue weighted by Crippen LogP contribution is -2.14. The van der Waals surface area contributed by atoms with Gasteiger partial charge in [-0.15, -0.1) is 11.3 Å². The van der Waals surface area contributed by atoms with Crippen LogP contribution in [0.4, 0.5) is 0 Å². The number of aromatic nitrogens is 2. The van der Waals surface area contributed by atoms with Crippen LogP contribution >= 0.6 is 23.1 Å². The van der Waals surface area contributed by atoms with Crippen molar-refractivity contribution >= 4 is 23.1 Å². The van der Waals surface area contributed by atoms with E-state index in [1.54, 1.807) is 23.1 Å². The van der Waals surface area contributed by atoms with Gasteiger partial charge >= 0.3 is 0 Å². The van der Waals surface area contributed by atoms with Gasteiger partial charge in [0, 0.05) is 19.2 Å². The van der Waals surface area contributed by atoms with E-state index in [1.165, 1.54) is 14.8 Å². The molecule has 0 saturated carbocycles. The Kier molecular flexibility index (Phi) is 4.86. The topological polar surface area (TPSA) is 29.9 Å². The van der Waals surface area contributed by atoms with Crippen molar-refractivity contribution < 1.29 is 0 Å². The summed E-state index contributed by atoms with van der Waals surface area (Å²) in [4.78, 5) is 0. The highest BCUT2D eigenvalue weighted by molar-refractivity contribution is 8.01. The van der Waals surface area contributed by atoms with Gasteiger partial charge in [-0.2, -0.15) is 5.10 Å². The second kappa shape index (κ2) is 6.41. The van der Waals surface area contributed by atoms with Crippen LogP contribution in [0.25, 0.3) is 0 Å². The molecular weight excluding hydrogens is 262 g/mol. The molecule has 0 spiro atoms. The largest absolute Gasteiger partial charge is 0.313 e. The van der Waals surface area contributed by atoms with Gasteiger partial charge in [0.2, 0.25) is 0 Å². The van der Waals surface area contributed by atoms with Crippen molar-refractivity contribution in [3.63, 3.8) is 0 Å². The standard InChI is InChI=1S/C13H19N3S2/c1-4-7-14-9-11-10(2)15-16(3)13(11)18-12-6-5-8-17-12/h5-6,8,14H,4,7,9H2,1-3H3. The van der Waals surface area contributed by atoms with Crippen molar-refractivity contribution in [3.8, 4) is 0 Å². The summed E-state index contributed by atoms with van der Waals surface area (Å²) in [5.41, 5.74) is 2.45. The maximum Gasteiger partial charge on any atom is 0.104 e. The van der Waals surface area contributed by atoms with E-state index in [4.69, 9.17) is 0 Å².